The van der Waals surface area contributed by atoms with Crippen molar-refractivity contribution in [3.05, 3.63) is 46.6 Å². The van der Waals surface area contributed by atoms with Crippen LogP contribution in [0.25, 0.3) is 10.9 Å². The minimum atomic E-state index is -0.00829. The van der Waals surface area contributed by atoms with E-state index >= 15 is 0 Å². The molecule has 0 bridgehead atoms. The fourth-order valence-electron chi connectivity index (χ4n) is 1.80. The first-order chi connectivity index (χ1) is 9.72. The summed E-state index contributed by atoms with van der Waals surface area (Å²) in [6, 6.07) is 7.97. The summed E-state index contributed by atoms with van der Waals surface area (Å²) in [5.41, 5.74) is 2.10. The van der Waals surface area contributed by atoms with E-state index in [1.165, 1.54) is 0 Å². The van der Waals surface area contributed by atoms with Gasteiger partial charge in [0.15, 0.2) is 0 Å². The fourth-order valence-corrected chi connectivity index (χ4v) is 2.15. The molecule has 0 amide bonds. The number of hydrogen-bond acceptors (Lipinski definition) is 5. The van der Waals surface area contributed by atoms with Crippen molar-refractivity contribution in [3.63, 3.8) is 0 Å². The van der Waals surface area contributed by atoms with Gasteiger partial charge >= 0.3 is 0 Å². The van der Waals surface area contributed by atoms with Crippen LogP contribution < -0.4 is 0 Å². The number of rotatable bonds is 3. The molecule has 2 aromatic heterocycles. The molecule has 0 saturated heterocycles. The van der Waals surface area contributed by atoms with Gasteiger partial charge in [-0.1, -0.05) is 18.2 Å². The molecule has 0 atom stereocenters. The Morgan fingerprint density at radius 3 is 2.60 bits per heavy atom. The smallest absolute Gasteiger partial charge is 0.274 e. The van der Waals surface area contributed by atoms with Gasteiger partial charge in [-0.05, 0) is 29.3 Å². The number of hydrogen-bond donors (Lipinski definition) is 1. The second-order valence-corrected chi connectivity index (χ2v) is 4.61. The summed E-state index contributed by atoms with van der Waals surface area (Å²) in [4.78, 5) is 14.4. The lowest BCUT2D eigenvalue weighted by Gasteiger charge is -1.94. The molecule has 1 aromatic carbocycles. The second-order valence-electron chi connectivity index (χ2n) is 3.93. The summed E-state index contributed by atoms with van der Waals surface area (Å²) in [6.07, 6.45) is 1.90. The molecule has 0 saturated carbocycles. The van der Waals surface area contributed by atoms with Crippen LogP contribution in [-0.2, 0) is 6.54 Å². The monoisotopic (exact) mass is 306 g/mol. The number of halogens is 2. The maximum Gasteiger partial charge on any atom is 0.274 e. The SMILES string of the molecule is Clc1nc(Cl)nc(N=NCc2c[nH]c3ccccc23)n1. The van der Waals surface area contributed by atoms with E-state index in [1.807, 2.05) is 30.5 Å². The molecule has 100 valence electrons. The van der Waals surface area contributed by atoms with E-state index in [-0.39, 0.29) is 16.5 Å². The van der Waals surface area contributed by atoms with Crippen molar-refractivity contribution in [1.82, 2.24) is 19.9 Å². The molecule has 0 unspecified atom stereocenters. The van der Waals surface area contributed by atoms with Crippen LogP contribution in [0.5, 0.6) is 0 Å². The quantitative estimate of drug-likeness (QED) is 0.744. The van der Waals surface area contributed by atoms with Crippen molar-refractivity contribution in [2.24, 2.45) is 10.2 Å². The maximum absolute atomic E-state index is 5.65. The van der Waals surface area contributed by atoms with Gasteiger partial charge in [-0.3, -0.25) is 0 Å². The van der Waals surface area contributed by atoms with Gasteiger partial charge in [0.05, 0.1) is 6.54 Å². The molecular weight excluding hydrogens is 299 g/mol. The molecule has 0 aliphatic carbocycles. The summed E-state index contributed by atoms with van der Waals surface area (Å²) in [7, 11) is 0. The molecule has 0 fully saturated rings. The molecule has 0 aliphatic heterocycles. The van der Waals surface area contributed by atoms with Crippen LogP contribution in [0.3, 0.4) is 0 Å². The van der Waals surface area contributed by atoms with Crippen molar-refractivity contribution in [1.29, 1.82) is 0 Å². The molecule has 0 spiro atoms. The number of nitrogens with one attached hydrogen (secondary N) is 1. The Balaban J connectivity index is 1.80. The van der Waals surface area contributed by atoms with Gasteiger partial charge < -0.3 is 4.98 Å². The summed E-state index contributed by atoms with van der Waals surface area (Å²) in [5, 5.41) is 9.03. The number of fused-ring (bicyclic) bond motifs is 1. The number of aromatic nitrogens is 4. The molecule has 3 aromatic rings. The van der Waals surface area contributed by atoms with Gasteiger partial charge in [0.2, 0.25) is 10.6 Å². The van der Waals surface area contributed by atoms with Crippen molar-refractivity contribution in [2.75, 3.05) is 0 Å². The fraction of sp³-hybridized carbons (Fsp3) is 0.0833. The van der Waals surface area contributed by atoms with Crippen LogP contribution in [0.2, 0.25) is 10.6 Å². The lowest BCUT2D eigenvalue weighted by Crippen LogP contribution is -1.87. The molecule has 1 N–H and O–H groups in total. The first kappa shape index (κ1) is 13.0. The highest BCUT2D eigenvalue weighted by Crippen LogP contribution is 2.19. The third-order valence-electron chi connectivity index (χ3n) is 2.65. The van der Waals surface area contributed by atoms with Crippen LogP contribution in [0.4, 0.5) is 5.95 Å². The summed E-state index contributed by atoms with van der Waals surface area (Å²) >= 11 is 11.3. The molecule has 2 heterocycles. The van der Waals surface area contributed by atoms with Gasteiger partial charge in [-0.25, -0.2) is 0 Å². The Kier molecular flexibility index (Phi) is 3.58. The lowest BCUT2D eigenvalue weighted by atomic mass is 10.2. The molecule has 20 heavy (non-hydrogen) atoms. The molecule has 8 heteroatoms. The molecule has 0 aliphatic rings. The minimum Gasteiger partial charge on any atom is -0.361 e. The highest BCUT2D eigenvalue weighted by Gasteiger charge is 2.03. The van der Waals surface area contributed by atoms with Crippen molar-refractivity contribution < 1.29 is 0 Å². The van der Waals surface area contributed by atoms with Crippen LogP contribution >= 0.6 is 23.2 Å². The van der Waals surface area contributed by atoms with Gasteiger partial charge in [-0.2, -0.15) is 20.1 Å². The van der Waals surface area contributed by atoms with Gasteiger partial charge in [0.25, 0.3) is 5.95 Å². The lowest BCUT2D eigenvalue weighted by molar-refractivity contribution is 0.917. The number of azo groups is 1. The van der Waals surface area contributed by atoms with E-state index in [0.717, 1.165) is 16.5 Å². The highest BCUT2D eigenvalue weighted by molar-refractivity contribution is 6.31. The van der Waals surface area contributed by atoms with E-state index in [2.05, 4.69) is 30.2 Å². The predicted octanol–water partition coefficient (Wildman–Crippen LogP) is 3.94. The summed E-state index contributed by atoms with van der Waals surface area (Å²) in [5.74, 6) is 0.0924. The number of aromatic amines is 1. The molecule has 0 radical (unpaired) electrons. The average Bonchev–Trinajstić information content (AvgIpc) is 2.81. The van der Waals surface area contributed by atoms with Crippen molar-refractivity contribution >= 4 is 40.1 Å². The van der Waals surface area contributed by atoms with Gasteiger partial charge in [0, 0.05) is 22.7 Å². The van der Waals surface area contributed by atoms with Crippen LogP contribution in [0, 0.1) is 0 Å². The molecule has 3 rings (SSSR count). The Morgan fingerprint density at radius 2 is 1.80 bits per heavy atom. The van der Waals surface area contributed by atoms with Crippen molar-refractivity contribution in [3.8, 4) is 0 Å². The van der Waals surface area contributed by atoms with E-state index in [1.54, 1.807) is 0 Å². The number of para-hydroxylation sites is 1. The van der Waals surface area contributed by atoms with Crippen LogP contribution in [0.15, 0.2) is 40.7 Å². The zero-order valence-electron chi connectivity index (χ0n) is 10.1. The van der Waals surface area contributed by atoms with E-state index in [0.29, 0.717) is 6.54 Å². The zero-order valence-corrected chi connectivity index (χ0v) is 11.6. The maximum atomic E-state index is 5.65. The van der Waals surface area contributed by atoms with E-state index in [9.17, 15) is 0 Å². The minimum absolute atomic E-state index is 0.00829. The Bertz CT molecular complexity index is 762. The second kappa shape index (κ2) is 5.52. The standard InChI is InChI=1S/C12H8Cl2N6/c13-10-17-11(14)19-12(18-10)20-16-6-7-5-15-9-4-2-1-3-8(7)9/h1-5,15H,6H2. The van der Waals surface area contributed by atoms with Crippen LogP contribution in [0.1, 0.15) is 5.56 Å². The third-order valence-corrected chi connectivity index (χ3v) is 2.98. The van der Waals surface area contributed by atoms with E-state index in [4.69, 9.17) is 23.2 Å². The first-order valence-corrected chi connectivity index (χ1v) is 6.47. The first-order valence-electron chi connectivity index (χ1n) is 5.72. The van der Waals surface area contributed by atoms with Crippen molar-refractivity contribution in [2.45, 2.75) is 6.54 Å². The predicted molar refractivity (Wildman–Crippen MR) is 76.4 cm³/mol. The Hall–Kier alpha value is -2.05. The Morgan fingerprint density at radius 1 is 1.05 bits per heavy atom. The Labute approximate surface area is 123 Å². The number of H-pyrrole nitrogens is 1. The van der Waals surface area contributed by atoms with E-state index < -0.39 is 0 Å². The highest BCUT2D eigenvalue weighted by atomic mass is 35.5. The normalized spacial score (nSPS) is 11.5. The average molecular weight is 307 g/mol. The number of nitrogens with zero attached hydrogens (tertiary/aromatic N) is 5. The summed E-state index contributed by atoms with van der Waals surface area (Å²) in [6.45, 7) is 0.408. The van der Waals surface area contributed by atoms with Gasteiger partial charge in [-0.15, -0.1) is 5.11 Å². The topological polar surface area (TPSA) is 79.2 Å². The van der Waals surface area contributed by atoms with Crippen LogP contribution in [-0.4, -0.2) is 19.9 Å². The largest absolute Gasteiger partial charge is 0.361 e. The summed E-state index contributed by atoms with van der Waals surface area (Å²) < 4.78 is 0. The number of benzene rings is 1. The zero-order chi connectivity index (χ0) is 13.9. The molecular formula is C12H8Cl2N6. The van der Waals surface area contributed by atoms with Gasteiger partial charge in [0.1, 0.15) is 0 Å². The molecule has 6 nitrogen and oxygen atoms in total. The third kappa shape index (κ3) is 2.76.